The summed E-state index contributed by atoms with van der Waals surface area (Å²) in [5.74, 6) is 2.11. The van der Waals surface area contributed by atoms with E-state index in [9.17, 15) is 12.8 Å². The fourth-order valence-electron chi connectivity index (χ4n) is 4.78. The van der Waals surface area contributed by atoms with Crippen molar-refractivity contribution in [2.24, 2.45) is 16.8 Å². The molecule has 0 radical (unpaired) electrons. The summed E-state index contributed by atoms with van der Waals surface area (Å²) in [6, 6.07) is 12.9. The molecule has 5 nitrogen and oxygen atoms in total. The van der Waals surface area contributed by atoms with Crippen molar-refractivity contribution in [3.8, 4) is 0 Å². The van der Waals surface area contributed by atoms with E-state index in [0.29, 0.717) is 35.5 Å². The van der Waals surface area contributed by atoms with Crippen LogP contribution >= 0.6 is 24.0 Å². The Hall–Kier alpha value is -1.68. The van der Waals surface area contributed by atoms with Crippen molar-refractivity contribution in [2.45, 2.75) is 31.1 Å². The number of guanidine groups is 1. The maximum Gasteiger partial charge on any atom is 0.191 e. The van der Waals surface area contributed by atoms with E-state index < -0.39 is 9.84 Å². The molecule has 1 fully saturated rings. The third kappa shape index (κ3) is 5.77. The first-order chi connectivity index (χ1) is 14.4. The van der Waals surface area contributed by atoms with Gasteiger partial charge in [-0.25, -0.2) is 12.8 Å². The molecule has 2 aliphatic carbocycles. The Bertz CT molecular complexity index is 1070. The molecule has 0 aromatic heterocycles. The molecule has 3 atom stereocenters. The van der Waals surface area contributed by atoms with Crippen molar-refractivity contribution in [2.75, 3.05) is 19.8 Å². The van der Waals surface area contributed by atoms with Crippen LogP contribution in [0.5, 0.6) is 0 Å². The van der Waals surface area contributed by atoms with Gasteiger partial charge in [0.05, 0.1) is 5.75 Å². The molecule has 31 heavy (non-hydrogen) atoms. The minimum atomic E-state index is -3.20. The standard InChI is InChI=1S/C23H28FN3O2S.HI/c1-25-23(26-12-17-11-18(24)9-7-16(17)14-30(2,28)29)27-13-21-20-10-8-15-5-3-4-6-19(15)22(20)21;/h3-7,9,11,20-22H,8,10,12-14H2,1-2H3,(H2,25,26,27);1H. The topological polar surface area (TPSA) is 70.6 Å². The quantitative estimate of drug-likeness (QED) is 0.324. The third-order valence-corrected chi connectivity index (χ3v) is 7.09. The third-order valence-electron chi connectivity index (χ3n) is 6.25. The minimum absolute atomic E-state index is 0. The van der Waals surface area contributed by atoms with Gasteiger partial charge in [-0.1, -0.05) is 30.3 Å². The number of aliphatic imine (C=N–C) groups is 1. The molecular formula is C23H29FIN3O2S. The molecule has 4 rings (SSSR count). The minimum Gasteiger partial charge on any atom is -0.356 e. The fourth-order valence-corrected chi connectivity index (χ4v) is 5.63. The van der Waals surface area contributed by atoms with Crippen molar-refractivity contribution in [3.63, 3.8) is 0 Å². The van der Waals surface area contributed by atoms with E-state index in [1.807, 2.05) is 0 Å². The lowest BCUT2D eigenvalue weighted by molar-refractivity contribution is 0.599. The molecule has 168 valence electrons. The molecule has 2 aromatic carbocycles. The van der Waals surface area contributed by atoms with Gasteiger partial charge in [0.15, 0.2) is 15.8 Å². The molecule has 0 bridgehead atoms. The highest BCUT2D eigenvalue weighted by molar-refractivity contribution is 14.0. The largest absolute Gasteiger partial charge is 0.356 e. The van der Waals surface area contributed by atoms with Crippen molar-refractivity contribution in [1.82, 2.24) is 10.6 Å². The van der Waals surface area contributed by atoms with Crippen LogP contribution in [0.25, 0.3) is 0 Å². The zero-order valence-electron chi connectivity index (χ0n) is 17.8. The molecule has 2 aliphatic rings. The van der Waals surface area contributed by atoms with Crippen LogP contribution < -0.4 is 10.6 Å². The molecule has 2 aromatic rings. The Morgan fingerprint density at radius 2 is 1.94 bits per heavy atom. The Morgan fingerprint density at radius 3 is 2.68 bits per heavy atom. The van der Waals surface area contributed by atoms with Crippen LogP contribution in [-0.4, -0.2) is 34.2 Å². The van der Waals surface area contributed by atoms with E-state index in [0.717, 1.165) is 18.9 Å². The lowest BCUT2D eigenvalue weighted by atomic mass is 9.92. The van der Waals surface area contributed by atoms with Crippen molar-refractivity contribution in [1.29, 1.82) is 0 Å². The van der Waals surface area contributed by atoms with Crippen LogP contribution in [0.15, 0.2) is 47.5 Å². The van der Waals surface area contributed by atoms with Gasteiger partial charge >= 0.3 is 0 Å². The van der Waals surface area contributed by atoms with Gasteiger partial charge in [-0.3, -0.25) is 4.99 Å². The van der Waals surface area contributed by atoms with Gasteiger partial charge in [-0.05, 0) is 65.0 Å². The van der Waals surface area contributed by atoms with Gasteiger partial charge in [-0.2, -0.15) is 0 Å². The maximum atomic E-state index is 13.7. The smallest absolute Gasteiger partial charge is 0.191 e. The van der Waals surface area contributed by atoms with Gasteiger partial charge in [0.25, 0.3) is 0 Å². The molecule has 0 amide bonds. The second-order valence-corrected chi connectivity index (χ2v) is 10.5. The summed E-state index contributed by atoms with van der Waals surface area (Å²) in [5, 5.41) is 6.60. The number of hydrogen-bond donors (Lipinski definition) is 2. The average molecular weight is 557 g/mol. The van der Waals surface area contributed by atoms with Gasteiger partial charge < -0.3 is 10.6 Å². The zero-order valence-corrected chi connectivity index (χ0v) is 20.9. The van der Waals surface area contributed by atoms with Crippen molar-refractivity contribution >= 4 is 39.8 Å². The summed E-state index contributed by atoms with van der Waals surface area (Å²) in [6.45, 7) is 1.14. The van der Waals surface area contributed by atoms with E-state index in [1.54, 1.807) is 7.05 Å². The molecule has 0 spiro atoms. The lowest BCUT2D eigenvalue weighted by Gasteiger charge is -2.14. The summed E-state index contributed by atoms with van der Waals surface area (Å²) < 4.78 is 37.1. The normalized spacial score (nSPS) is 22.0. The van der Waals surface area contributed by atoms with E-state index >= 15 is 0 Å². The van der Waals surface area contributed by atoms with Crippen LogP contribution in [-0.2, 0) is 28.6 Å². The van der Waals surface area contributed by atoms with Crippen LogP contribution in [0, 0.1) is 17.7 Å². The summed E-state index contributed by atoms with van der Waals surface area (Å²) in [4.78, 5) is 4.27. The second kappa shape index (κ2) is 9.85. The highest BCUT2D eigenvalue weighted by atomic mass is 127. The SMILES string of the molecule is CN=C(NCc1cc(F)ccc1CS(C)(=O)=O)NCC1C2CCc3ccccc3C21.I. The van der Waals surface area contributed by atoms with Crippen molar-refractivity contribution < 1.29 is 12.8 Å². The molecule has 8 heteroatoms. The first kappa shape index (κ1) is 24.0. The number of aryl methyl sites for hydroxylation is 1. The highest BCUT2D eigenvalue weighted by Gasteiger charge is 2.52. The fraction of sp³-hybridized carbons (Fsp3) is 0.435. The molecule has 0 aliphatic heterocycles. The van der Waals surface area contributed by atoms with Gasteiger partial charge in [0, 0.05) is 26.4 Å². The number of sulfone groups is 1. The summed E-state index contributed by atoms with van der Waals surface area (Å²) >= 11 is 0. The Balaban J connectivity index is 0.00000272. The summed E-state index contributed by atoms with van der Waals surface area (Å²) in [7, 11) is -1.50. The molecular weight excluding hydrogens is 528 g/mol. The zero-order chi connectivity index (χ0) is 21.3. The van der Waals surface area contributed by atoms with Gasteiger partial charge in [0.2, 0.25) is 0 Å². The Labute approximate surface area is 200 Å². The molecule has 0 heterocycles. The number of benzene rings is 2. The maximum absolute atomic E-state index is 13.7. The second-order valence-electron chi connectivity index (χ2n) is 8.38. The summed E-state index contributed by atoms with van der Waals surface area (Å²) in [6.07, 6.45) is 3.57. The van der Waals surface area contributed by atoms with E-state index in [1.165, 1.54) is 42.0 Å². The van der Waals surface area contributed by atoms with E-state index in [-0.39, 0.29) is 35.5 Å². The molecule has 0 saturated heterocycles. The van der Waals surface area contributed by atoms with Crippen LogP contribution in [0.4, 0.5) is 4.39 Å². The Kier molecular flexibility index (Phi) is 7.62. The number of nitrogens with one attached hydrogen (secondary N) is 2. The van der Waals surface area contributed by atoms with Crippen LogP contribution in [0.3, 0.4) is 0 Å². The predicted molar refractivity (Wildman–Crippen MR) is 133 cm³/mol. The lowest BCUT2D eigenvalue weighted by Crippen LogP contribution is -2.38. The number of nitrogens with zero attached hydrogens (tertiary/aromatic N) is 1. The predicted octanol–water partition coefficient (Wildman–Crippen LogP) is 3.63. The average Bonchev–Trinajstić information content (AvgIpc) is 3.43. The van der Waals surface area contributed by atoms with Crippen molar-refractivity contribution in [3.05, 3.63) is 70.5 Å². The van der Waals surface area contributed by atoms with Crippen LogP contribution in [0.2, 0.25) is 0 Å². The van der Waals surface area contributed by atoms with E-state index in [4.69, 9.17) is 0 Å². The van der Waals surface area contributed by atoms with E-state index in [2.05, 4.69) is 39.9 Å². The number of fused-ring (bicyclic) bond motifs is 3. The number of halogens is 2. The monoisotopic (exact) mass is 557 g/mol. The van der Waals surface area contributed by atoms with Gasteiger partial charge in [-0.15, -0.1) is 24.0 Å². The first-order valence-corrected chi connectivity index (χ1v) is 12.4. The Morgan fingerprint density at radius 1 is 1.16 bits per heavy atom. The summed E-state index contributed by atoms with van der Waals surface area (Å²) in [5.41, 5.74) is 4.20. The van der Waals surface area contributed by atoms with Gasteiger partial charge in [0.1, 0.15) is 5.82 Å². The molecule has 1 saturated carbocycles. The molecule has 2 N–H and O–H groups in total. The highest BCUT2D eigenvalue weighted by Crippen LogP contribution is 2.59. The number of rotatable bonds is 6. The first-order valence-electron chi connectivity index (χ1n) is 10.3. The number of hydrogen-bond acceptors (Lipinski definition) is 3. The molecule has 3 unspecified atom stereocenters. The van der Waals surface area contributed by atoms with Crippen LogP contribution in [0.1, 0.15) is 34.6 Å².